The van der Waals surface area contributed by atoms with Gasteiger partial charge < -0.3 is 10.4 Å². The van der Waals surface area contributed by atoms with Gasteiger partial charge in [-0.15, -0.1) is 11.3 Å². The Morgan fingerprint density at radius 1 is 1.14 bits per heavy atom. The van der Waals surface area contributed by atoms with Crippen LogP contribution in [-0.2, 0) is 0 Å². The van der Waals surface area contributed by atoms with Crippen LogP contribution in [0.4, 0.5) is 5.00 Å². The number of carbonyl (C=O) groups is 2. The number of anilines is 1. The number of amides is 1. The van der Waals surface area contributed by atoms with E-state index in [1.54, 1.807) is 32.0 Å². The van der Waals surface area contributed by atoms with Crippen molar-refractivity contribution in [2.45, 2.75) is 13.8 Å². The number of aryl methyl sites for hydroxylation is 1. The summed E-state index contributed by atoms with van der Waals surface area (Å²) in [6.45, 7) is 3.50. The molecule has 7 heteroatoms. The highest BCUT2D eigenvalue weighted by Gasteiger charge is 2.22. The van der Waals surface area contributed by atoms with E-state index in [-0.39, 0.29) is 26.2 Å². The third-order valence-corrected chi connectivity index (χ3v) is 4.77. The Morgan fingerprint density at radius 2 is 1.71 bits per heavy atom. The van der Waals surface area contributed by atoms with Crippen LogP contribution in [0.2, 0.25) is 10.0 Å². The summed E-state index contributed by atoms with van der Waals surface area (Å²) >= 11 is 13.1. The minimum Gasteiger partial charge on any atom is -0.478 e. The fourth-order valence-corrected chi connectivity index (χ4v) is 3.47. The Morgan fingerprint density at radius 3 is 2.24 bits per heavy atom. The van der Waals surface area contributed by atoms with Crippen molar-refractivity contribution in [3.8, 4) is 0 Å². The summed E-state index contributed by atoms with van der Waals surface area (Å²) in [4.78, 5) is 24.4. The van der Waals surface area contributed by atoms with Crippen molar-refractivity contribution in [3.63, 3.8) is 0 Å². The van der Waals surface area contributed by atoms with E-state index in [2.05, 4.69) is 5.32 Å². The second-order valence-corrected chi connectivity index (χ2v) is 6.38. The van der Waals surface area contributed by atoms with Crippen LogP contribution in [0.3, 0.4) is 0 Å². The van der Waals surface area contributed by atoms with Crippen LogP contribution >= 0.6 is 34.5 Å². The fraction of sp³-hybridized carbons (Fsp3) is 0.143. The van der Waals surface area contributed by atoms with E-state index in [1.807, 2.05) is 0 Å². The molecule has 0 aliphatic rings. The number of halogens is 2. The number of benzene rings is 1. The van der Waals surface area contributed by atoms with Crippen LogP contribution in [0, 0.1) is 13.8 Å². The van der Waals surface area contributed by atoms with Gasteiger partial charge in [-0.2, -0.15) is 0 Å². The van der Waals surface area contributed by atoms with Crippen LogP contribution in [0.25, 0.3) is 0 Å². The molecule has 2 aromatic rings. The molecule has 0 bridgehead atoms. The predicted octanol–water partition coefficient (Wildman–Crippen LogP) is 4.62. The molecule has 0 radical (unpaired) electrons. The minimum absolute atomic E-state index is 0.0917. The molecule has 0 saturated carbocycles. The molecule has 21 heavy (non-hydrogen) atoms. The molecule has 0 aliphatic heterocycles. The highest BCUT2D eigenvalue weighted by atomic mass is 35.5. The first-order valence-electron chi connectivity index (χ1n) is 5.91. The third-order valence-electron chi connectivity index (χ3n) is 3.02. The number of hydrogen-bond donors (Lipinski definition) is 2. The summed E-state index contributed by atoms with van der Waals surface area (Å²) in [5.41, 5.74) is 0.850. The molecule has 1 aromatic carbocycles. The van der Waals surface area contributed by atoms with Gasteiger partial charge in [-0.05, 0) is 31.5 Å². The number of aromatic carboxylic acids is 1. The number of thiophene rings is 1. The number of hydrogen-bond acceptors (Lipinski definition) is 3. The van der Waals surface area contributed by atoms with E-state index < -0.39 is 11.9 Å². The van der Waals surface area contributed by atoms with Crippen molar-refractivity contribution < 1.29 is 14.7 Å². The number of rotatable bonds is 3. The Balaban J connectivity index is 2.41. The molecule has 0 fully saturated rings. The van der Waals surface area contributed by atoms with Crippen LogP contribution in [-0.4, -0.2) is 17.0 Å². The van der Waals surface area contributed by atoms with Crippen molar-refractivity contribution in [1.82, 2.24) is 0 Å². The molecule has 0 aliphatic carbocycles. The third kappa shape index (κ3) is 3.05. The summed E-state index contributed by atoms with van der Waals surface area (Å²) in [6, 6.07) is 4.72. The molecular formula is C14H11Cl2NO3S. The molecule has 1 heterocycles. The Kier molecular flexibility index (Phi) is 4.56. The largest absolute Gasteiger partial charge is 0.478 e. The molecule has 0 saturated heterocycles. The predicted molar refractivity (Wildman–Crippen MR) is 85.2 cm³/mol. The van der Waals surface area contributed by atoms with Crippen LogP contribution in [0.15, 0.2) is 18.2 Å². The summed E-state index contributed by atoms with van der Waals surface area (Å²) in [5.74, 6) is -1.62. The summed E-state index contributed by atoms with van der Waals surface area (Å²) < 4.78 is 0. The average molecular weight is 344 g/mol. The van der Waals surface area contributed by atoms with Gasteiger partial charge in [0.1, 0.15) is 5.00 Å². The lowest BCUT2D eigenvalue weighted by atomic mass is 10.1. The Hall–Kier alpha value is -1.56. The number of carbonyl (C=O) groups excluding carboxylic acids is 1. The van der Waals surface area contributed by atoms with Crippen molar-refractivity contribution in [1.29, 1.82) is 0 Å². The van der Waals surface area contributed by atoms with Gasteiger partial charge >= 0.3 is 5.97 Å². The second-order valence-electron chi connectivity index (χ2n) is 4.34. The van der Waals surface area contributed by atoms with Gasteiger partial charge in [0.15, 0.2) is 0 Å². The maximum atomic E-state index is 12.3. The Labute approximate surface area is 135 Å². The Bertz CT molecular complexity index is 720. The molecule has 110 valence electrons. The van der Waals surface area contributed by atoms with Gasteiger partial charge in [0.25, 0.3) is 5.91 Å². The zero-order valence-electron chi connectivity index (χ0n) is 11.2. The number of carboxylic acids is 1. The zero-order chi connectivity index (χ0) is 15.7. The monoisotopic (exact) mass is 343 g/mol. The van der Waals surface area contributed by atoms with Gasteiger partial charge in [-0.3, -0.25) is 4.79 Å². The zero-order valence-corrected chi connectivity index (χ0v) is 13.5. The van der Waals surface area contributed by atoms with Crippen molar-refractivity contribution >= 4 is 51.4 Å². The summed E-state index contributed by atoms with van der Waals surface area (Å²) in [7, 11) is 0. The first-order chi connectivity index (χ1) is 9.82. The molecule has 0 unspecified atom stereocenters. The normalized spacial score (nSPS) is 10.5. The molecule has 2 N–H and O–H groups in total. The maximum Gasteiger partial charge on any atom is 0.338 e. The van der Waals surface area contributed by atoms with Gasteiger partial charge in [0.05, 0.1) is 21.2 Å². The van der Waals surface area contributed by atoms with E-state index in [0.29, 0.717) is 5.56 Å². The summed E-state index contributed by atoms with van der Waals surface area (Å²) in [5, 5.41) is 12.5. The first kappa shape index (κ1) is 15.8. The highest BCUT2D eigenvalue weighted by molar-refractivity contribution is 7.16. The van der Waals surface area contributed by atoms with Gasteiger partial charge in [-0.1, -0.05) is 29.3 Å². The van der Waals surface area contributed by atoms with Gasteiger partial charge in [0.2, 0.25) is 0 Å². The van der Waals surface area contributed by atoms with E-state index in [9.17, 15) is 14.7 Å². The lowest BCUT2D eigenvalue weighted by Gasteiger charge is -2.08. The molecule has 2 rings (SSSR count). The molecule has 1 aromatic heterocycles. The van der Waals surface area contributed by atoms with Crippen molar-refractivity contribution in [2.75, 3.05) is 5.32 Å². The minimum atomic E-state index is -1.09. The van der Waals surface area contributed by atoms with Crippen molar-refractivity contribution in [3.05, 3.63) is 49.8 Å². The quantitative estimate of drug-likeness (QED) is 0.854. The van der Waals surface area contributed by atoms with Gasteiger partial charge in [-0.25, -0.2) is 4.79 Å². The van der Waals surface area contributed by atoms with Crippen LogP contribution in [0.5, 0.6) is 0 Å². The van der Waals surface area contributed by atoms with Crippen LogP contribution < -0.4 is 5.32 Å². The van der Waals surface area contributed by atoms with Crippen molar-refractivity contribution in [2.24, 2.45) is 0 Å². The van der Waals surface area contributed by atoms with E-state index in [1.165, 1.54) is 11.3 Å². The lowest BCUT2D eigenvalue weighted by molar-refractivity contribution is 0.0697. The lowest BCUT2D eigenvalue weighted by Crippen LogP contribution is -2.14. The topological polar surface area (TPSA) is 66.4 Å². The number of nitrogens with one attached hydrogen (secondary N) is 1. The van der Waals surface area contributed by atoms with E-state index in [4.69, 9.17) is 23.2 Å². The van der Waals surface area contributed by atoms with E-state index in [0.717, 1.165) is 4.88 Å². The van der Waals surface area contributed by atoms with Crippen LogP contribution in [0.1, 0.15) is 31.2 Å². The second kappa shape index (κ2) is 6.05. The standard InChI is InChI=1S/C14H11Cl2NO3S/c1-6-7(2)21-13(10(6)14(19)20)17-12(18)11-8(15)4-3-5-9(11)16/h3-5H,1-2H3,(H,17,18)(H,19,20). The maximum absolute atomic E-state index is 12.3. The average Bonchev–Trinajstić information content (AvgIpc) is 2.64. The molecule has 4 nitrogen and oxygen atoms in total. The summed E-state index contributed by atoms with van der Waals surface area (Å²) in [6.07, 6.45) is 0. The van der Waals surface area contributed by atoms with Gasteiger partial charge in [0, 0.05) is 4.88 Å². The van der Waals surface area contributed by atoms with E-state index >= 15 is 0 Å². The smallest absolute Gasteiger partial charge is 0.338 e. The first-order valence-corrected chi connectivity index (χ1v) is 7.48. The molecular weight excluding hydrogens is 333 g/mol. The molecule has 0 spiro atoms. The highest BCUT2D eigenvalue weighted by Crippen LogP contribution is 2.33. The number of carboxylic acid groups (broad SMARTS) is 1. The SMILES string of the molecule is Cc1sc(NC(=O)c2c(Cl)cccc2Cl)c(C(=O)O)c1C. The molecule has 0 atom stereocenters. The molecule has 1 amide bonds. The fourth-order valence-electron chi connectivity index (χ4n) is 1.85.